The standard InChI is InChI=1S/C17H29N3O/c1-6-20(5)15(14-10-8-7-9-11-14)16(21)18-12-13-19-17(2,3)4/h7-11,15,19H,6,12-13H2,1-5H3,(H,18,21). The van der Waals surface area contributed by atoms with E-state index in [-0.39, 0.29) is 17.5 Å². The average molecular weight is 291 g/mol. The second-order valence-electron chi connectivity index (χ2n) is 6.35. The van der Waals surface area contributed by atoms with Crippen molar-refractivity contribution in [3.05, 3.63) is 35.9 Å². The predicted octanol–water partition coefficient (Wildman–Crippen LogP) is 2.18. The van der Waals surface area contributed by atoms with Crippen LogP contribution in [0.2, 0.25) is 0 Å². The summed E-state index contributed by atoms with van der Waals surface area (Å²) < 4.78 is 0. The molecule has 4 nitrogen and oxygen atoms in total. The molecule has 0 heterocycles. The zero-order valence-electron chi connectivity index (χ0n) is 13.9. The minimum absolute atomic E-state index is 0.0567. The predicted molar refractivity (Wildman–Crippen MR) is 88.3 cm³/mol. The third kappa shape index (κ3) is 6.27. The van der Waals surface area contributed by atoms with Crippen molar-refractivity contribution in [1.29, 1.82) is 0 Å². The number of amides is 1. The van der Waals surface area contributed by atoms with Gasteiger partial charge in [-0.2, -0.15) is 0 Å². The molecule has 0 saturated heterocycles. The van der Waals surface area contributed by atoms with E-state index in [9.17, 15) is 4.79 Å². The lowest BCUT2D eigenvalue weighted by molar-refractivity contribution is -0.126. The fourth-order valence-corrected chi connectivity index (χ4v) is 2.14. The molecule has 0 aliphatic carbocycles. The van der Waals surface area contributed by atoms with Gasteiger partial charge in [-0.3, -0.25) is 9.69 Å². The number of nitrogens with zero attached hydrogens (tertiary/aromatic N) is 1. The van der Waals surface area contributed by atoms with Crippen LogP contribution in [0, 0.1) is 0 Å². The molecule has 1 atom stereocenters. The fraction of sp³-hybridized carbons (Fsp3) is 0.588. The van der Waals surface area contributed by atoms with E-state index in [1.54, 1.807) is 0 Å². The van der Waals surface area contributed by atoms with Crippen molar-refractivity contribution in [2.75, 3.05) is 26.7 Å². The molecule has 4 heteroatoms. The van der Waals surface area contributed by atoms with Crippen LogP contribution in [0.1, 0.15) is 39.3 Å². The van der Waals surface area contributed by atoms with Gasteiger partial charge in [0.1, 0.15) is 6.04 Å². The topological polar surface area (TPSA) is 44.4 Å². The Morgan fingerprint density at radius 1 is 1.19 bits per heavy atom. The summed E-state index contributed by atoms with van der Waals surface area (Å²) in [6, 6.07) is 9.69. The molecule has 0 bridgehead atoms. The maximum absolute atomic E-state index is 12.5. The fourth-order valence-electron chi connectivity index (χ4n) is 2.14. The van der Waals surface area contributed by atoms with Crippen LogP contribution in [0.5, 0.6) is 0 Å². The van der Waals surface area contributed by atoms with Crippen molar-refractivity contribution < 1.29 is 4.79 Å². The summed E-state index contributed by atoms with van der Waals surface area (Å²) in [6.45, 7) is 10.6. The monoisotopic (exact) mass is 291 g/mol. The summed E-state index contributed by atoms with van der Waals surface area (Å²) in [4.78, 5) is 14.5. The van der Waals surface area contributed by atoms with E-state index < -0.39 is 0 Å². The van der Waals surface area contributed by atoms with Gasteiger partial charge in [-0.1, -0.05) is 37.3 Å². The molecule has 0 saturated carbocycles. The van der Waals surface area contributed by atoms with Gasteiger partial charge in [-0.25, -0.2) is 0 Å². The molecule has 1 amide bonds. The summed E-state index contributed by atoms with van der Waals surface area (Å²) in [5, 5.41) is 6.40. The van der Waals surface area contributed by atoms with Crippen LogP contribution in [-0.4, -0.2) is 43.0 Å². The first kappa shape index (κ1) is 17.7. The van der Waals surface area contributed by atoms with Crippen LogP contribution < -0.4 is 10.6 Å². The quantitative estimate of drug-likeness (QED) is 0.757. The highest BCUT2D eigenvalue weighted by Crippen LogP contribution is 2.18. The Labute approximate surface area is 128 Å². The Morgan fingerprint density at radius 2 is 1.81 bits per heavy atom. The van der Waals surface area contributed by atoms with Gasteiger partial charge in [-0.15, -0.1) is 0 Å². The van der Waals surface area contributed by atoms with E-state index >= 15 is 0 Å². The van der Waals surface area contributed by atoms with Gasteiger partial charge >= 0.3 is 0 Å². The molecular formula is C17H29N3O. The third-order valence-corrected chi connectivity index (χ3v) is 3.38. The molecule has 1 unspecified atom stereocenters. The number of carbonyl (C=O) groups is 1. The number of nitrogens with one attached hydrogen (secondary N) is 2. The molecule has 0 aliphatic heterocycles. The first-order valence-corrected chi connectivity index (χ1v) is 7.63. The molecule has 118 valence electrons. The Bertz CT molecular complexity index is 425. The van der Waals surface area contributed by atoms with E-state index in [0.29, 0.717) is 6.54 Å². The van der Waals surface area contributed by atoms with E-state index in [1.165, 1.54) is 0 Å². The molecule has 0 aliphatic rings. The summed E-state index contributed by atoms with van der Waals surface area (Å²) in [5.74, 6) is 0.0567. The Kier molecular flexibility index (Phi) is 6.85. The first-order chi connectivity index (χ1) is 9.85. The Balaban J connectivity index is 2.61. The first-order valence-electron chi connectivity index (χ1n) is 7.63. The zero-order valence-corrected chi connectivity index (χ0v) is 13.9. The van der Waals surface area contributed by atoms with Gasteiger partial charge in [-0.05, 0) is 39.9 Å². The maximum atomic E-state index is 12.5. The van der Waals surface area contributed by atoms with Crippen molar-refractivity contribution in [1.82, 2.24) is 15.5 Å². The van der Waals surface area contributed by atoms with E-state index in [0.717, 1.165) is 18.7 Å². The number of benzene rings is 1. The van der Waals surface area contributed by atoms with Crippen molar-refractivity contribution in [2.24, 2.45) is 0 Å². The van der Waals surface area contributed by atoms with Crippen molar-refractivity contribution in [3.8, 4) is 0 Å². The number of likely N-dealkylation sites (N-methyl/N-ethyl adjacent to an activating group) is 1. The molecule has 1 aromatic rings. The average Bonchev–Trinajstić information content (AvgIpc) is 2.44. The summed E-state index contributed by atoms with van der Waals surface area (Å²) in [6.07, 6.45) is 0. The molecule has 1 rings (SSSR count). The lowest BCUT2D eigenvalue weighted by atomic mass is 10.0. The van der Waals surface area contributed by atoms with E-state index in [1.807, 2.05) is 37.4 Å². The van der Waals surface area contributed by atoms with Gasteiger partial charge in [0, 0.05) is 18.6 Å². The Morgan fingerprint density at radius 3 is 2.33 bits per heavy atom. The van der Waals surface area contributed by atoms with Gasteiger partial charge in [0.2, 0.25) is 5.91 Å². The summed E-state index contributed by atoms with van der Waals surface area (Å²) in [5.41, 5.74) is 1.10. The highest BCUT2D eigenvalue weighted by Gasteiger charge is 2.23. The van der Waals surface area contributed by atoms with Crippen LogP contribution >= 0.6 is 0 Å². The second-order valence-corrected chi connectivity index (χ2v) is 6.35. The van der Waals surface area contributed by atoms with Crippen LogP contribution in [0.4, 0.5) is 0 Å². The molecule has 0 aromatic heterocycles. The minimum Gasteiger partial charge on any atom is -0.353 e. The summed E-state index contributed by atoms with van der Waals surface area (Å²) >= 11 is 0. The smallest absolute Gasteiger partial charge is 0.241 e. The van der Waals surface area contributed by atoms with Crippen molar-refractivity contribution in [3.63, 3.8) is 0 Å². The largest absolute Gasteiger partial charge is 0.353 e. The van der Waals surface area contributed by atoms with Crippen LogP contribution in [0.3, 0.4) is 0 Å². The molecule has 0 radical (unpaired) electrons. The molecule has 1 aromatic carbocycles. The number of carbonyl (C=O) groups excluding carboxylic acids is 1. The van der Waals surface area contributed by atoms with Gasteiger partial charge in [0.15, 0.2) is 0 Å². The van der Waals surface area contributed by atoms with Crippen LogP contribution in [0.25, 0.3) is 0 Å². The van der Waals surface area contributed by atoms with E-state index in [4.69, 9.17) is 0 Å². The van der Waals surface area contributed by atoms with Gasteiger partial charge in [0.05, 0.1) is 0 Å². The molecular weight excluding hydrogens is 262 g/mol. The third-order valence-electron chi connectivity index (χ3n) is 3.38. The van der Waals surface area contributed by atoms with Crippen molar-refractivity contribution in [2.45, 2.75) is 39.3 Å². The minimum atomic E-state index is -0.231. The molecule has 21 heavy (non-hydrogen) atoms. The molecule has 2 N–H and O–H groups in total. The number of hydrogen-bond acceptors (Lipinski definition) is 3. The van der Waals surface area contributed by atoms with Crippen LogP contribution in [-0.2, 0) is 4.79 Å². The molecule has 0 fully saturated rings. The SMILES string of the molecule is CCN(C)C(C(=O)NCCNC(C)(C)C)c1ccccc1. The highest BCUT2D eigenvalue weighted by atomic mass is 16.2. The second kappa shape index (κ2) is 8.15. The summed E-state index contributed by atoms with van der Waals surface area (Å²) in [7, 11) is 1.98. The van der Waals surface area contributed by atoms with Crippen molar-refractivity contribution >= 4 is 5.91 Å². The van der Waals surface area contributed by atoms with Gasteiger partial charge < -0.3 is 10.6 Å². The molecule has 0 spiro atoms. The lowest BCUT2D eigenvalue weighted by Gasteiger charge is -2.27. The number of rotatable bonds is 7. The van der Waals surface area contributed by atoms with E-state index in [2.05, 4.69) is 43.2 Å². The Hall–Kier alpha value is -1.39. The zero-order chi connectivity index (χ0) is 15.9. The maximum Gasteiger partial charge on any atom is 0.241 e. The van der Waals surface area contributed by atoms with Gasteiger partial charge in [0.25, 0.3) is 0 Å². The normalized spacial score (nSPS) is 13.2. The lowest BCUT2D eigenvalue weighted by Crippen LogP contribution is -2.44. The van der Waals surface area contributed by atoms with Crippen LogP contribution in [0.15, 0.2) is 30.3 Å². The highest BCUT2D eigenvalue weighted by molar-refractivity contribution is 5.83. The number of hydrogen-bond donors (Lipinski definition) is 2.